The van der Waals surface area contributed by atoms with Crippen molar-refractivity contribution >= 4 is 33.8 Å². The molecule has 7 nitrogen and oxygen atoms in total. The fourth-order valence-electron chi connectivity index (χ4n) is 3.34. The third kappa shape index (κ3) is 3.78. The third-order valence-electron chi connectivity index (χ3n) is 4.85. The number of fused-ring (bicyclic) bond motifs is 2. The molecule has 1 aromatic carbocycles. The zero-order chi connectivity index (χ0) is 20.6. The van der Waals surface area contributed by atoms with Gasteiger partial charge in [-0.05, 0) is 43.4 Å². The van der Waals surface area contributed by atoms with Crippen molar-refractivity contribution in [2.75, 3.05) is 0 Å². The van der Waals surface area contributed by atoms with E-state index >= 15 is 0 Å². The van der Waals surface area contributed by atoms with Gasteiger partial charge in [0.05, 0.1) is 18.2 Å². The first-order valence-corrected chi connectivity index (χ1v) is 9.13. The van der Waals surface area contributed by atoms with Crippen molar-refractivity contribution in [3.63, 3.8) is 0 Å². The van der Waals surface area contributed by atoms with E-state index in [0.717, 1.165) is 16.3 Å². The number of amides is 1. The van der Waals surface area contributed by atoms with Crippen LogP contribution in [0.25, 0.3) is 21.9 Å². The second-order valence-corrected chi connectivity index (χ2v) is 7.52. The van der Waals surface area contributed by atoms with Gasteiger partial charge in [0.2, 0.25) is 5.91 Å². The fourth-order valence-corrected chi connectivity index (χ4v) is 3.34. The monoisotopic (exact) mass is 385 g/mol. The van der Waals surface area contributed by atoms with Crippen LogP contribution in [0.2, 0.25) is 0 Å². The highest BCUT2D eigenvalue weighted by molar-refractivity contribution is 5.96. The van der Waals surface area contributed by atoms with Gasteiger partial charge in [-0.2, -0.15) is 0 Å². The first-order valence-electron chi connectivity index (χ1n) is 9.13. The van der Waals surface area contributed by atoms with Gasteiger partial charge in [0.1, 0.15) is 17.2 Å². The number of carboxylic acids is 1. The molecule has 0 aliphatic carbocycles. The summed E-state index contributed by atoms with van der Waals surface area (Å²) in [5, 5.41) is 13.4. The summed E-state index contributed by atoms with van der Waals surface area (Å²) in [6.45, 7) is 7.43. The fraction of sp³-hybridized carbons (Fsp3) is 0.381. The molecule has 2 aromatic heterocycles. The Balaban J connectivity index is 1.95. The van der Waals surface area contributed by atoms with Crippen LogP contribution in [0.3, 0.4) is 0 Å². The minimum Gasteiger partial charge on any atom is -0.480 e. The van der Waals surface area contributed by atoms with Gasteiger partial charge in [0.25, 0.3) is 0 Å². The predicted octanol–water partition coefficient (Wildman–Crippen LogP) is 3.31. The van der Waals surface area contributed by atoms with Crippen molar-refractivity contribution in [1.29, 1.82) is 0 Å². The Morgan fingerprint density at radius 2 is 1.86 bits per heavy atom. The van der Waals surface area contributed by atoms with Crippen molar-refractivity contribution in [3.8, 4) is 0 Å². The smallest absolute Gasteiger partial charge is 0.340 e. The van der Waals surface area contributed by atoms with E-state index in [1.54, 1.807) is 19.3 Å². The zero-order valence-corrected chi connectivity index (χ0v) is 16.3. The lowest BCUT2D eigenvalue weighted by Crippen LogP contribution is -2.42. The zero-order valence-electron chi connectivity index (χ0n) is 16.3. The highest BCUT2D eigenvalue weighted by atomic mass is 16.4. The van der Waals surface area contributed by atoms with E-state index in [-0.39, 0.29) is 17.9 Å². The molecular weight excluding hydrogens is 362 g/mol. The number of nitrogens with one attached hydrogen (secondary N) is 1. The number of benzene rings is 1. The van der Waals surface area contributed by atoms with Gasteiger partial charge >= 0.3 is 11.6 Å². The van der Waals surface area contributed by atoms with Crippen LogP contribution in [-0.2, 0) is 16.0 Å². The van der Waals surface area contributed by atoms with Gasteiger partial charge in [-0.15, -0.1) is 0 Å². The van der Waals surface area contributed by atoms with Gasteiger partial charge in [0.15, 0.2) is 0 Å². The second kappa shape index (κ2) is 7.50. The van der Waals surface area contributed by atoms with E-state index in [9.17, 15) is 19.5 Å². The van der Waals surface area contributed by atoms with Crippen LogP contribution in [0.15, 0.2) is 32.0 Å². The molecule has 2 N–H and O–H groups in total. The number of aliphatic carboxylic acids is 1. The average molecular weight is 385 g/mol. The first kappa shape index (κ1) is 19.7. The summed E-state index contributed by atoms with van der Waals surface area (Å²) in [5.74, 6) is -1.51. The molecule has 1 atom stereocenters. The topological polar surface area (TPSA) is 110 Å². The Kier molecular flexibility index (Phi) is 5.27. The summed E-state index contributed by atoms with van der Waals surface area (Å²) >= 11 is 0. The molecule has 7 heteroatoms. The molecule has 0 fully saturated rings. The molecule has 0 bridgehead atoms. The Labute approximate surface area is 161 Å². The van der Waals surface area contributed by atoms with E-state index in [0.29, 0.717) is 23.2 Å². The van der Waals surface area contributed by atoms with E-state index in [2.05, 4.69) is 5.32 Å². The predicted molar refractivity (Wildman–Crippen MR) is 104 cm³/mol. The summed E-state index contributed by atoms with van der Waals surface area (Å²) in [5.41, 5.74) is 2.21. The number of carbonyl (C=O) groups excluding carboxylic acids is 1. The van der Waals surface area contributed by atoms with Crippen molar-refractivity contribution < 1.29 is 23.5 Å². The van der Waals surface area contributed by atoms with Gasteiger partial charge < -0.3 is 19.3 Å². The Morgan fingerprint density at radius 1 is 1.14 bits per heavy atom. The average Bonchev–Trinajstić information content (AvgIpc) is 2.96. The molecule has 0 aliphatic heterocycles. The highest BCUT2D eigenvalue weighted by Crippen LogP contribution is 2.28. The SMILES string of the molecule is Cc1coc2cc3oc(=O)c(CC(=O)N[C@H](CC(C)C)C(=O)O)c(C)c3cc12. The van der Waals surface area contributed by atoms with Crippen LogP contribution in [0.4, 0.5) is 0 Å². The van der Waals surface area contributed by atoms with Gasteiger partial charge in [-0.25, -0.2) is 9.59 Å². The summed E-state index contributed by atoms with van der Waals surface area (Å²) in [7, 11) is 0. The third-order valence-corrected chi connectivity index (χ3v) is 4.85. The molecule has 1 amide bonds. The van der Waals surface area contributed by atoms with Crippen LogP contribution >= 0.6 is 0 Å². The molecule has 2 heterocycles. The summed E-state index contributed by atoms with van der Waals surface area (Å²) in [4.78, 5) is 36.2. The maximum atomic E-state index is 12.4. The Morgan fingerprint density at radius 3 is 2.50 bits per heavy atom. The van der Waals surface area contributed by atoms with E-state index in [1.807, 2.05) is 26.8 Å². The Hall–Kier alpha value is -3.09. The summed E-state index contributed by atoms with van der Waals surface area (Å²) in [6.07, 6.45) is 1.70. The number of carbonyl (C=O) groups is 2. The van der Waals surface area contributed by atoms with E-state index < -0.39 is 23.5 Å². The van der Waals surface area contributed by atoms with E-state index in [1.165, 1.54) is 0 Å². The highest BCUT2D eigenvalue weighted by Gasteiger charge is 2.23. The van der Waals surface area contributed by atoms with Crippen molar-refractivity contribution in [3.05, 3.63) is 45.5 Å². The molecule has 0 saturated carbocycles. The van der Waals surface area contributed by atoms with Crippen LogP contribution in [0, 0.1) is 19.8 Å². The molecular formula is C21H23NO6. The molecule has 148 valence electrons. The van der Waals surface area contributed by atoms with Gasteiger partial charge in [-0.3, -0.25) is 4.79 Å². The van der Waals surface area contributed by atoms with Gasteiger partial charge in [-0.1, -0.05) is 13.8 Å². The molecule has 28 heavy (non-hydrogen) atoms. The Bertz CT molecular complexity index is 1120. The second-order valence-electron chi connectivity index (χ2n) is 7.52. The quantitative estimate of drug-likeness (QED) is 0.630. The van der Waals surface area contributed by atoms with Crippen LogP contribution in [0.5, 0.6) is 0 Å². The van der Waals surface area contributed by atoms with Crippen LogP contribution < -0.4 is 10.9 Å². The number of hydrogen-bond acceptors (Lipinski definition) is 5. The maximum Gasteiger partial charge on any atom is 0.340 e. The number of furan rings is 1. The lowest BCUT2D eigenvalue weighted by Gasteiger charge is -2.16. The first-order chi connectivity index (χ1) is 13.2. The number of carboxylic acid groups (broad SMARTS) is 1. The molecule has 3 aromatic rings. The molecule has 3 rings (SSSR count). The van der Waals surface area contributed by atoms with Crippen molar-refractivity contribution in [1.82, 2.24) is 5.32 Å². The van der Waals surface area contributed by atoms with Crippen molar-refractivity contribution in [2.45, 2.75) is 46.6 Å². The minimum absolute atomic E-state index is 0.106. The lowest BCUT2D eigenvalue weighted by atomic mass is 10.0. The molecule has 0 unspecified atom stereocenters. The number of aryl methyl sites for hydroxylation is 2. The minimum atomic E-state index is -1.10. The molecule has 0 spiro atoms. The molecule has 0 aliphatic rings. The summed E-state index contributed by atoms with van der Waals surface area (Å²) < 4.78 is 10.8. The number of hydrogen-bond donors (Lipinski definition) is 2. The number of rotatable bonds is 6. The lowest BCUT2D eigenvalue weighted by molar-refractivity contribution is -0.142. The van der Waals surface area contributed by atoms with Crippen molar-refractivity contribution in [2.24, 2.45) is 5.92 Å². The largest absolute Gasteiger partial charge is 0.480 e. The van der Waals surface area contributed by atoms with Gasteiger partial charge in [0, 0.05) is 16.8 Å². The maximum absolute atomic E-state index is 12.4. The van der Waals surface area contributed by atoms with Crippen LogP contribution in [0.1, 0.15) is 37.0 Å². The molecule has 0 radical (unpaired) electrons. The summed E-state index contributed by atoms with van der Waals surface area (Å²) in [6, 6.07) is 2.55. The van der Waals surface area contributed by atoms with E-state index in [4.69, 9.17) is 8.83 Å². The van der Waals surface area contributed by atoms with Crippen LogP contribution in [-0.4, -0.2) is 23.0 Å². The standard InChI is InChI=1S/C21H23NO6/c1-10(2)5-16(20(24)25)22-19(23)7-15-12(4)14-6-13-11(3)9-27-17(13)8-18(14)28-21(15)26/h6,8-10,16H,5,7H2,1-4H3,(H,22,23)(H,24,25)/t16-/m1/s1. The normalized spacial score (nSPS) is 12.6. The molecule has 0 saturated heterocycles.